The van der Waals surface area contributed by atoms with Crippen LogP contribution in [0.1, 0.15) is 32.6 Å². The lowest BCUT2D eigenvalue weighted by Crippen LogP contribution is -2.22. The van der Waals surface area contributed by atoms with Gasteiger partial charge in [0.05, 0.1) is 0 Å². The highest BCUT2D eigenvalue weighted by Crippen LogP contribution is 1.98. The smallest absolute Gasteiger partial charge is 0.219 e. The molecule has 0 aromatic heterocycles. The summed E-state index contributed by atoms with van der Waals surface area (Å²) in [6.45, 7) is 2.54. The van der Waals surface area contributed by atoms with Crippen molar-refractivity contribution in [3.63, 3.8) is 0 Å². The van der Waals surface area contributed by atoms with Crippen LogP contribution in [-0.2, 0) is 9.59 Å². The van der Waals surface area contributed by atoms with Crippen molar-refractivity contribution in [1.82, 2.24) is 5.32 Å². The fourth-order valence-corrected chi connectivity index (χ4v) is 0.870. The normalized spacial score (nSPS) is 9.42. The van der Waals surface area contributed by atoms with Crippen LogP contribution in [0.15, 0.2) is 0 Å². The summed E-state index contributed by atoms with van der Waals surface area (Å²) in [6.07, 6.45) is 2.29. The molecule has 0 aliphatic heterocycles. The molecule has 0 unspecified atom stereocenters. The van der Waals surface area contributed by atoms with Gasteiger partial charge in [-0.05, 0) is 19.8 Å². The minimum absolute atomic E-state index is 0.0435. The van der Waals surface area contributed by atoms with Crippen LogP contribution in [0, 0.1) is 0 Å². The molecule has 0 heterocycles. The van der Waals surface area contributed by atoms with Gasteiger partial charge in [-0.25, -0.2) is 0 Å². The van der Waals surface area contributed by atoms with Gasteiger partial charge in [0.1, 0.15) is 0 Å². The molecule has 0 saturated carbocycles. The van der Waals surface area contributed by atoms with Gasteiger partial charge in [-0.2, -0.15) is 0 Å². The summed E-state index contributed by atoms with van der Waals surface area (Å²) in [7, 11) is 0. The number of carbonyl (C=O) groups is 2. The standard InChI is InChI=1S/C8H16N2O2/c1-2-10-8(12)6-4-3-5-7(9)11/h2-6H2,1H3,(H2,9,11)(H,10,12). The Bertz CT molecular complexity index is 157. The summed E-state index contributed by atoms with van der Waals surface area (Å²) in [4.78, 5) is 21.2. The Labute approximate surface area is 72.5 Å². The van der Waals surface area contributed by atoms with Crippen LogP contribution >= 0.6 is 0 Å². The highest BCUT2D eigenvalue weighted by Gasteiger charge is 1.99. The Kier molecular flexibility index (Phi) is 6.05. The van der Waals surface area contributed by atoms with Gasteiger partial charge in [0.15, 0.2) is 0 Å². The first-order valence-corrected chi connectivity index (χ1v) is 4.21. The summed E-state index contributed by atoms with van der Waals surface area (Å²) >= 11 is 0. The van der Waals surface area contributed by atoms with Crippen LogP contribution in [0.5, 0.6) is 0 Å². The summed E-state index contributed by atoms with van der Waals surface area (Å²) in [5.74, 6) is -0.257. The van der Waals surface area contributed by atoms with E-state index in [4.69, 9.17) is 5.73 Å². The number of hydrogen-bond acceptors (Lipinski definition) is 2. The SMILES string of the molecule is CCNC(=O)CCCCC(N)=O. The molecule has 0 aromatic carbocycles. The van der Waals surface area contributed by atoms with Gasteiger partial charge >= 0.3 is 0 Å². The number of primary amides is 1. The van der Waals surface area contributed by atoms with Crippen LogP contribution in [0.2, 0.25) is 0 Å². The molecule has 12 heavy (non-hydrogen) atoms. The van der Waals surface area contributed by atoms with Crippen LogP contribution in [0.4, 0.5) is 0 Å². The number of amides is 2. The third-order valence-electron chi connectivity index (χ3n) is 1.45. The quantitative estimate of drug-likeness (QED) is 0.560. The molecule has 0 atom stereocenters. The maximum absolute atomic E-state index is 10.9. The Morgan fingerprint density at radius 1 is 1.25 bits per heavy atom. The number of nitrogens with one attached hydrogen (secondary N) is 1. The Hall–Kier alpha value is -1.06. The molecular weight excluding hydrogens is 156 g/mol. The molecule has 4 nitrogen and oxygen atoms in total. The average Bonchev–Trinajstić information content (AvgIpc) is 1.98. The van der Waals surface area contributed by atoms with Gasteiger partial charge in [0.25, 0.3) is 0 Å². The largest absolute Gasteiger partial charge is 0.370 e. The fraction of sp³-hybridized carbons (Fsp3) is 0.750. The first-order chi connectivity index (χ1) is 5.66. The molecule has 0 aliphatic rings. The van der Waals surface area contributed by atoms with Crippen LogP contribution in [0.3, 0.4) is 0 Å². The second-order valence-corrected chi connectivity index (χ2v) is 2.63. The zero-order valence-corrected chi connectivity index (χ0v) is 7.43. The molecule has 70 valence electrons. The minimum Gasteiger partial charge on any atom is -0.370 e. The van der Waals surface area contributed by atoms with Crippen molar-refractivity contribution in [3.05, 3.63) is 0 Å². The summed E-state index contributed by atoms with van der Waals surface area (Å²) in [5, 5.41) is 2.68. The summed E-state index contributed by atoms with van der Waals surface area (Å²) < 4.78 is 0. The van der Waals surface area contributed by atoms with Gasteiger partial charge in [0, 0.05) is 19.4 Å². The van der Waals surface area contributed by atoms with Crippen LogP contribution in [-0.4, -0.2) is 18.4 Å². The monoisotopic (exact) mass is 172 g/mol. The van der Waals surface area contributed by atoms with E-state index in [0.717, 1.165) is 6.42 Å². The second kappa shape index (κ2) is 6.64. The van der Waals surface area contributed by atoms with Crippen molar-refractivity contribution in [2.75, 3.05) is 6.54 Å². The number of rotatable bonds is 6. The highest BCUT2D eigenvalue weighted by molar-refractivity contribution is 5.76. The van der Waals surface area contributed by atoms with Gasteiger partial charge in [0.2, 0.25) is 11.8 Å². The highest BCUT2D eigenvalue weighted by atomic mass is 16.1. The predicted molar refractivity (Wildman–Crippen MR) is 46.3 cm³/mol. The molecule has 0 spiro atoms. The van der Waals surface area contributed by atoms with E-state index in [1.165, 1.54) is 0 Å². The zero-order chi connectivity index (χ0) is 9.40. The van der Waals surface area contributed by atoms with Crippen LogP contribution in [0.25, 0.3) is 0 Å². The lowest BCUT2D eigenvalue weighted by atomic mass is 10.2. The predicted octanol–water partition coefficient (Wildman–Crippen LogP) is 0.168. The van der Waals surface area contributed by atoms with Crippen molar-refractivity contribution < 1.29 is 9.59 Å². The van der Waals surface area contributed by atoms with E-state index < -0.39 is 0 Å². The molecule has 0 radical (unpaired) electrons. The Balaban J connectivity index is 3.19. The van der Waals surface area contributed by atoms with Crippen molar-refractivity contribution in [2.45, 2.75) is 32.6 Å². The van der Waals surface area contributed by atoms with Gasteiger partial charge in [-0.1, -0.05) is 0 Å². The van der Waals surface area contributed by atoms with E-state index in [2.05, 4.69) is 5.32 Å². The molecule has 0 aliphatic carbocycles. The summed E-state index contributed by atoms with van der Waals surface area (Å²) in [5.41, 5.74) is 4.93. The van der Waals surface area contributed by atoms with Crippen molar-refractivity contribution in [1.29, 1.82) is 0 Å². The average molecular weight is 172 g/mol. The third kappa shape index (κ3) is 7.05. The van der Waals surface area contributed by atoms with E-state index in [0.29, 0.717) is 25.8 Å². The molecule has 0 aromatic rings. The number of carbonyl (C=O) groups excluding carboxylic acids is 2. The van der Waals surface area contributed by atoms with E-state index in [1.807, 2.05) is 6.92 Å². The van der Waals surface area contributed by atoms with Crippen molar-refractivity contribution in [3.8, 4) is 0 Å². The number of hydrogen-bond donors (Lipinski definition) is 2. The number of unbranched alkanes of at least 4 members (excludes halogenated alkanes) is 1. The maximum Gasteiger partial charge on any atom is 0.219 e. The van der Waals surface area contributed by atoms with Crippen molar-refractivity contribution in [2.24, 2.45) is 5.73 Å². The van der Waals surface area contributed by atoms with Crippen LogP contribution < -0.4 is 11.1 Å². The second-order valence-electron chi connectivity index (χ2n) is 2.63. The molecular formula is C8H16N2O2. The lowest BCUT2D eigenvalue weighted by molar-refractivity contribution is -0.121. The molecule has 0 saturated heterocycles. The first kappa shape index (κ1) is 10.9. The van der Waals surface area contributed by atoms with E-state index >= 15 is 0 Å². The van der Waals surface area contributed by atoms with E-state index in [1.54, 1.807) is 0 Å². The maximum atomic E-state index is 10.9. The van der Waals surface area contributed by atoms with Gasteiger partial charge < -0.3 is 11.1 Å². The molecule has 2 amide bonds. The van der Waals surface area contributed by atoms with E-state index in [9.17, 15) is 9.59 Å². The molecule has 4 heteroatoms. The van der Waals surface area contributed by atoms with Crippen molar-refractivity contribution >= 4 is 11.8 Å². The molecule has 0 bridgehead atoms. The van der Waals surface area contributed by atoms with Gasteiger partial charge in [-0.15, -0.1) is 0 Å². The summed E-state index contributed by atoms with van der Waals surface area (Å²) in [6, 6.07) is 0. The number of nitrogens with two attached hydrogens (primary N) is 1. The molecule has 3 N–H and O–H groups in total. The topological polar surface area (TPSA) is 72.2 Å². The zero-order valence-electron chi connectivity index (χ0n) is 7.43. The molecule has 0 rings (SSSR count). The first-order valence-electron chi connectivity index (χ1n) is 4.21. The lowest BCUT2D eigenvalue weighted by Gasteiger charge is -2.00. The Morgan fingerprint density at radius 2 is 1.83 bits per heavy atom. The minimum atomic E-state index is -0.300. The third-order valence-corrected chi connectivity index (χ3v) is 1.45. The van der Waals surface area contributed by atoms with E-state index in [-0.39, 0.29) is 11.8 Å². The van der Waals surface area contributed by atoms with Gasteiger partial charge in [-0.3, -0.25) is 9.59 Å². The molecule has 0 fully saturated rings. The Morgan fingerprint density at radius 3 is 2.33 bits per heavy atom. The fourth-order valence-electron chi connectivity index (χ4n) is 0.870.